The lowest BCUT2D eigenvalue weighted by Crippen LogP contribution is -1.88. The lowest BCUT2D eigenvalue weighted by atomic mass is 10.1. The van der Waals surface area contributed by atoms with Crippen LogP contribution in [0.2, 0.25) is 0 Å². The number of anilines is 1. The summed E-state index contributed by atoms with van der Waals surface area (Å²) in [5.41, 5.74) is 6.23. The van der Waals surface area contributed by atoms with Crippen molar-refractivity contribution in [3.63, 3.8) is 0 Å². The molecule has 0 saturated carbocycles. The van der Waals surface area contributed by atoms with Gasteiger partial charge in [-0.15, -0.1) is 0 Å². The van der Waals surface area contributed by atoms with E-state index in [-0.39, 0.29) is 6.01 Å². The molecule has 0 aliphatic carbocycles. The van der Waals surface area contributed by atoms with Crippen LogP contribution in [0.4, 0.5) is 6.01 Å². The van der Waals surface area contributed by atoms with Gasteiger partial charge in [0, 0.05) is 0 Å². The fourth-order valence-corrected chi connectivity index (χ4v) is 1.85. The van der Waals surface area contributed by atoms with Crippen LogP contribution in [0.1, 0.15) is 0 Å². The third-order valence-corrected chi connectivity index (χ3v) is 2.58. The second-order valence-corrected chi connectivity index (χ2v) is 3.74. The molecule has 0 radical (unpaired) electrons. The summed E-state index contributed by atoms with van der Waals surface area (Å²) in [6, 6.07) is 5.80. The molecule has 4 nitrogen and oxygen atoms in total. The first-order chi connectivity index (χ1) is 7.22. The van der Waals surface area contributed by atoms with Gasteiger partial charge in [0.1, 0.15) is 5.75 Å². The molecule has 0 aliphatic heterocycles. The quantitative estimate of drug-likeness (QED) is 0.910. The molecule has 2 rings (SSSR count). The number of oxazole rings is 1. The summed E-state index contributed by atoms with van der Waals surface area (Å²) in [5.74, 6) is 1.29. The number of nitrogens with two attached hydrogens (primary N) is 1. The number of aromatic nitrogens is 1. The molecule has 1 aromatic heterocycles. The average Bonchev–Trinajstić information content (AvgIpc) is 2.64. The minimum absolute atomic E-state index is 0.145. The molecule has 1 aromatic carbocycles. The van der Waals surface area contributed by atoms with Gasteiger partial charge in [0.05, 0.1) is 23.3 Å². The minimum atomic E-state index is 0.145. The summed E-state index contributed by atoms with van der Waals surface area (Å²) in [6.07, 6.45) is 1.57. The van der Waals surface area contributed by atoms with E-state index < -0.39 is 0 Å². The van der Waals surface area contributed by atoms with Crippen LogP contribution in [0.15, 0.2) is 33.3 Å². The maximum absolute atomic E-state index is 5.42. The van der Waals surface area contributed by atoms with E-state index in [9.17, 15) is 0 Å². The van der Waals surface area contributed by atoms with Crippen molar-refractivity contribution in [2.75, 3.05) is 12.8 Å². The van der Waals surface area contributed by atoms with Crippen LogP contribution in [-0.2, 0) is 0 Å². The zero-order chi connectivity index (χ0) is 10.8. The average molecular weight is 269 g/mol. The van der Waals surface area contributed by atoms with Gasteiger partial charge in [0.2, 0.25) is 0 Å². The van der Waals surface area contributed by atoms with E-state index in [1.165, 1.54) is 0 Å². The molecule has 0 bridgehead atoms. The fourth-order valence-electron chi connectivity index (χ4n) is 1.32. The summed E-state index contributed by atoms with van der Waals surface area (Å²) in [6.45, 7) is 0. The third kappa shape index (κ3) is 1.83. The standard InChI is InChI=1S/C10H9BrN2O2/c1-14-9-6(3-2-4-7(9)11)8-5-13-10(12)15-8/h2-5H,1H3,(H2,12,13). The highest BCUT2D eigenvalue weighted by Gasteiger charge is 2.12. The van der Waals surface area contributed by atoms with Crippen LogP contribution in [0.3, 0.4) is 0 Å². The Balaban J connectivity index is 2.57. The Labute approximate surface area is 95.2 Å². The van der Waals surface area contributed by atoms with Crippen molar-refractivity contribution in [3.05, 3.63) is 28.9 Å². The summed E-state index contributed by atoms with van der Waals surface area (Å²) in [4.78, 5) is 3.84. The molecule has 1 heterocycles. The molecule has 0 spiro atoms. The molecule has 2 N–H and O–H groups in total. The van der Waals surface area contributed by atoms with Gasteiger partial charge < -0.3 is 14.9 Å². The first kappa shape index (κ1) is 10.0. The van der Waals surface area contributed by atoms with Crippen LogP contribution >= 0.6 is 15.9 Å². The Morgan fingerprint density at radius 3 is 2.87 bits per heavy atom. The van der Waals surface area contributed by atoms with Gasteiger partial charge in [-0.25, -0.2) is 4.98 Å². The predicted molar refractivity (Wildman–Crippen MR) is 60.6 cm³/mol. The number of halogens is 1. The SMILES string of the molecule is COc1c(Br)cccc1-c1cnc(N)o1. The Hall–Kier alpha value is -1.49. The maximum Gasteiger partial charge on any atom is 0.292 e. The zero-order valence-corrected chi connectivity index (χ0v) is 9.61. The van der Waals surface area contributed by atoms with Crippen molar-refractivity contribution in [1.82, 2.24) is 4.98 Å². The molecule has 5 heteroatoms. The molecular formula is C10H9BrN2O2. The second-order valence-electron chi connectivity index (χ2n) is 2.88. The van der Waals surface area contributed by atoms with Crippen LogP contribution in [-0.4, -0.2) is 12.1 Å². The fraction of sp³-hybridized carbons (Fsp3) is 0.100. The topological polar surface area (TPSA) is 61.3 Å². The highest BCUT2D eigenvalue weighted by Crippen LogP contribution is 2.36. The molecule has 0 fully saturated rings. The van der Waals surface area contributed by atoms with E-state index in [2.05, 4.69) is 20.9 Å². The number of rotatable bonds is 2. The molecule has 2 aromatic rings. The van der Waals surface area contributed by atoms with Gasteiger partial charge >= 0.3 is 0 Å². The van der Waals surface area contributed by atoms with Crippen molar-refractivity contribution >= 4 is 21.9 Å². The van der Waals surface area contributed by atoms with Gasteiger partial charge in [0.25, 0.3) is 6.01 Å². The third-order valence-electron chi connectivity index (χ3n) is 1.96. The predicted octanol–water partition coefficient (Wildman–Crippen LogP) is 2.69. The van der Waals surface area contributed by atoms with Gasteiger partial charge in [-0.3, -0.25) is 0 Å². The Kier molecular flexibility index (Phi) is 2.64. The molecule has 0 amide bonds. The normalized spacial score (nSPS) is 10.3. The number of methoxy groups -OCH3 is 1. The number of benzene rings is 1. The van der Waals surface area contributed by atoms with Gasteiger partial charge in [-0.05, 0) is 28.1 Å². The van der Waals surface area contributed by atoms with Crippen molar-refractivity contribution in [2.45, 2.75) is 0 Å². The summed E-state index contributed by atoms with van der Waals surface area (Å²) < 4.78 is 11.4. The molecule has 15 heavy (non-hydrogen) atoms. The first-order valence-electron chi connectivity index (χ1n) is 4.26. The molecule has 0 aliphatic rings. The van der Waals surface area contributed by atoms with Crippen LogP contribution < -0.4 is 10.5 Å². The number of para-hydroxylation sites is 1. The number of nitrogens with zero attached hydrogens (tertiary/aromatic N) is 1. The van der Waals surface area contributed by atoms with E-state index in [1.54, 1.807) is 13.3 Å². The van der Waals surface area contributed by atoms with Gasteiger partial charge in [0.15, 0.2) is 5.76 Å². The lowest BCUT2D eigenvalue weighted by Gasteiger charge is -2.07. The zero-order valence-electron chi connectivity index (χ0n) is 8.03. The molecule has 78 valence electrons. The van der Waals surface area contributed by atoms with Crippen molar-refractivity contribution in [3.8, 4) is 17.1 Å². The van der Waals surface area contributed by atoms with Crippen molar-refractivity contribution in [1.29, 1.82) is 0 Å². The molecule has 0 unspecified atom stereocenters. The first-order valence-corrected chi connectivity index (χ1v) is 5.06. The number of nitrogen functional groups attached to an aromatic ring is 1. The number of hydrogen-bond acceptors (Lipinski definition) is 4. The van der Waals surface area contributed by atoms with Crippen LogP contribution in [0.25, 0.3) is 11.3 Å². The smallest absolute Gasteiger partial charge is 0.292 e. The lowest BCUT2D eigenvalue weighted by molar-refractivity contribution is 0.412. The Bertz CT molecular complexity index is 482. The molecule has 0 atom stereocenters. The van der Waals surface area contributed by atoms with Crippen molar-refractivity contribution in [2.24, 2.45) is 0 Å². The molecular weight excluding hydrogens is 260 g/mol. The Morgan fingerprint density at radius 1 is 1.47 bits per heavy atom. The summed E-state index contributed by atoms with van der Waals surface area (Å²) in [7, 11) is 1.60. The Morgan fingerprint density at radius 2 is 2.27 bits per heavy atom. The maximum atomic E-state index is 5.42. The molecule has 0 saturated heterocycles. The minimum Gasteiger partial charge on any atom is -0.495 e. The van der Waals surface area contributed by atoms with E-state index in [0.717, 1.165) is 10.0 Å². The van der Waals surface area contributed by atoms with Crippen molar-refractivity contribution < 1.29 is 9.15 Å². The summed E-state index contributed by atoms with van der Waals surface area (Å²) >= 11 is 3.39. The monoisotopic (exact) mass is 268 g/mol. The second kappa shape index (κ2) is 3.94. The highest BCUT2D eigenvalue weighted by molar-refractivity contribution is 9.10. The van der Waals surface area contributed by atoms with Crippen LogP contribution in [0.5, 0.6) is 5.75 Å². The van der Waals surface area contributed by atoms with E-state index in [1.807, 2.05) is 18.2 Å². The largest absolute Gasteiger partial charge is 0.495 e. The van der Waals surface area contributed by atoms with Gasteiger partial charge in [-0.2, -0.15) is 0 Å². The van der Waals surface area contributed by atoms with Crippen LogP contribution in [0, 0.1) is 0 Å². The van der Waals surface area contributed by atoms with E-state index in [0.29, 0.717) is 11.5 Å². The number of hydrogen-bond donors (Lipinski definition) is 1. The number of ether oxygens (including phenoxy) is 1. The summed E-state index contributed by atoms with van der Waals surface area (Å²) in [5, 5.41) is 0. The van der Waals surface area contributed by atoms with Gasteiger partial charge in [-0.1, -0.05) is 6.07 Å². The van der Waals surface area contributed by atoms with E-state index in [4.69, 9.17) is 14.9 Å². The van der Waals surface area contributed by atoms with E-state index >= 15 is 0 Å². The highest BCUT2D eigenvalue weighted by atomic mass is 79.9.